The third-order valence-electron chi connectivity index (χ3n) is 3.87. The van der Waals surface area contributed by atoms with Crippen LogP contribution < -0.4 is 15.4 Å². The predicted octanol–water partition coefficient (Wildman–Crippen LogP) is 2.87. The van der Waals surface area contributed by atoms with Crippen LogP contribution in [-0.2, 0) is 23.4 Å². The van der Waals surface area contributed by atoms with Crippen molar-refractivity contribution in [1.82, 2.24) is 15.2 Å². The van der Waals surface area contributed by atoms with Gasteiger partial charge in [0.1, 0.15) is 17.5 Å². The third-order valence-corrected chi connectivity index (χ3v) is 5.84. The van der Waals surface area contributed by atoms with Gasteiger partial charge in [-0.05, 0) is 37.3 Å². The Labute approximate surface area is 175 Å². The van der Waals surface area contributed by atoms with Crippen LogP contribution in [0.25, 0.3) is 0 Å². The van der Waals surface area contributed by atoms with Gasteiger partial charge in [0.2, 0.25) is 0 Å². The zero-order valence-corrected chi connectivity index (χ0v) is 18.3. The first-order valence-electron chi connectivity index (χ1n) is 8.67. The Bertz CT molecular complexity index is 925. The van der Waals surface area contributed by atoms with E-state index in [1.165, 1.54) is 18.4 Å². The minimum atomic E-state index is -3.21. The number of nitrogens with one attached hydrogen (secondary N) is 2. The molecule has 1 aromatic carbocycles. The van der Waals surface area contributed by atoms with Crippen LogP contribution >= 0.6 is 23.2 Å². The van der Waals surface area contributed by atoms with Crippen LogP contribution in [0.5, 0.6) is 5.75 Å². The summed E-state index contributed by atoms with van der Waals surface area (Å²) in [6.07, 6.45) is 1.17. The van der Waals surface area contributed by atoms with Crippen molar-refractivity contribution < 1.29 is 13.2 Å². The van der Waals surface area contributed by atoms with Crippen molar-refractivity contribution in [2.24, 2.45) is 12.0 Å². The number of aliphatic imine (C=N–C) groups is 1. The molecule has 2 N–H and O–H groups in total. The van der Waals surface area contributed by atoms with E-state index in [1.807, 2.05) is 14.0 Å². The van der Waals surface area contributed by atoms with Gasteiger partial charge in [-0.15, -0.1) is 0 Å². The molecule has 0 spiro atoms. The summed E-state index contributed by atoms with van der Waals surface area (Å²) in [5, 5.41) is 7.33. The maximum atomic E-state index is 11.5. The molecule has 0 aliphatic heterocycles. The van der Waals surface area contributed by atoms with Crippen LogP contribution in [0, 0.1) is 0 Å². The SMILES string of the molecule is CCNC(=NCc1cc(Cl)c(Cl)n1C)NCCOc1ccc(S(C)(=O)=O)cc1. The van der Waals surface area contributed by atoms with Gasteiger partial charge in [0, 0.05) is 25.5 Å². The fourth-order valence-electron chi connectivity index (χ4n) is 2.36. The van der Waals surface area contributed by atoms with E-state index in [4.69, 9.17) is 27.9 Å². The van der Waals surface area contributed by atoms with E-state index in [2.05, 4.69) is 15.6 Å². The predicted molar refractivity (Wildman–Crippen MR) is 113 cm³/mol. The number of hydrogen-bond acceptors (Lipinski definition) is 4. The Morgan fingerprint density at radius 2 is 1.89 bits per heavy atom. The highest BCUT2D eigenvalue weighted by atomic mass is 35.5. The van der Waals surface area contributed by atoms with Crippen LogP contribution in [0.1, 0.15) is 12.6 Å². The molecule has 0 saturated heterocycles. The normalized spacial score (nSPS) is 12.1. The van der Waals surface area contributed by atoms with Crippen molar-refractivity contribution in [3.8, 4) is 5.75 Å². The van der Waals surface area contributed by atoms with Crippen molar-refractivity contribution in [2.75, 3.05) is 26.0 Å². The van der Waals surface area contributed by atoms with Crippen LogP contribution in [0.15, 0.2) is 40.2 Å². The van der Waals surface area contributed by atoms with Gasteiger partial charge < -0.3 is 19.9 Å². The lowest BCUT2D eigenvalue weighted by Crippen LogP contribution is -2.39. The monoisotopic (exact) mass is 446 g/mol. The first-order valence-corrected chi connectivity index (χ1v) is 11.3. The van der Waals surface area contributed by atoms with Crippen molar-refractivity contribution >= 4 is 39.0 Å². The lowest BCUT2D eigenvalue weighted by Gasteiger charge is -2.12. The van der Waals surface area contributed by atoms with Gasteiger partial charge in [0.15, 0.2) is 15.8 Å². The highest BCUT2D eigenvalue weighted by Gasteiger charge is 2.09. The van der Waals surface area contributed by atoms with Gasteiger partial charge in [-0.3, -0.25) is 0 Å². The van der Waals surface area contributed by atoms with Crippen LogP contribution in [-0.4, -0.2) is 44.9 Å². The lowest BCUT2D eigenvalue weighted by atomic mass is 10.3. The average molecular weight is 447 g/mol. The Kier molecular flexibility index (Phi) is 8.03. The summed E-state index contributed by atoms with van der Waals surface area (Å²) >= 11 is 12.1. The Balaban J connectivity index is 1.86. The minimum Gasteiger partial charge on any atom is -0.492 e. The molecule has 7 nitrogen and oxygen atoms in total. The molecule has 0 atom stereocenters. The maximum absolute atomic E-state index is 11.5. The van der Waals surface area contributed by atoms with Crippen LogP contribution in [0.4, 0.5) is 0 Å². The number of guanidine groups is 1. The molecular formula is C18H24Cl2N4O3S. The Hall–Kier alpha value is -1.90. The molecule has 0 radical (unpaired) electrons. The number of ether oxygens (including phenoxy) is 1. The molecule has 0 aliphatic rings. The molecule has 0 unspecified atom stereocenters. The van der Waals surface area contributed by atoms with E-state index >= 15 is 0 Å². The number of rotatable bonds is 8. The first-order chi connectivity index (χ1) is 13.2. The number of benzene rings is 1. The van der Waals surface area contributed by atoms with Crippen LogP contribution in [0.2, 0.25) is 10.2 Å². The van der Waals surface area contributed by atoms with E-state index in [-0.39, 0.29) is 4.90 Å². The number of halogens is 2. The largest absolute Gasteiger partial charge is 0.492 e. The first kappa shape index (κ1) is 22.4. The van der Waals surface area contributed by atoms with Crippen molar-refractivity contribution in [3.63, 3.8) is 0 Å². The second-order valence-electron chi connectivity index (χ2n) is 6.05. The Morgan fingerprint density at radius 1 is 1.21 bits per heavy atom. The third kappa shape index (κ3) is 6.32. The molecule has 2 rings (SSSR count). The summed E-state index contributed by atoms with van der Waals surface area (Å²) in [5.74, 6) is 1.25. The van der Waals surface area contributed by atoms with E-state index in [0.717, 1.165) is 5.69 Å². The second-order valence-corrected chi connectivity index (χ2v) is 8.83. The molecule has 0 bridgehead atoms. The van der Waals surface area contributed by atoms with Gasteiger partial charge in [0.05, 0.1) is 23.0 Å². The van der Waals surface area contributed by atoms with E-state index in [0.29, 0.717) is 48.1 Å². The molecule has 1 heterocycles. The molecule has 0 aliphatic carbocycles. The quantitative estimate of drug-likeness (QED) is 0.369. The maximum Gasteiger partial charge on any atom is 0.191 e. The summed E-state index contributed by atoms with van der Waals surface area (Å²) in [5.41, 5.74) is 0.898. The van der Waals surface area contributed by atoms with Crippen molar-refractivity contribution in [1.29, 1.82) is 0 Å². The van der Waals surface area contributed by atoms with Crippen molar-refractivity contribution in [3.05, 3.63) is 46.2 Å². The number of hydrogen-bond donors (Lipinski definition) is 2. The summed E-state index contributed by atoms with van der Waals surface area (Å²) in [7, 11) is -1.37. The van der Waals surface area contributed by atoms with Crippen molar-refractivity contribution in [2.45, 2.75) is 18.4 Å². The second kappa shape index (κ2) is 10.0. The number of sulfone groups is 1. The molecule has 0 amide bonds. The smallest absolute Gasteiger partial charge is 0.191 e. The zero-order chi connectivity index (χ0) is 20.7. The highest BCUT2D eigenvalue weighted by Crippen LogP contribution is 2.25. The summed E-state index contributed by atoms with van der Waals surface area (Å²) in [4.78, 5) is 4.78. The van der Waals surface area contributed by atoms with Gasteiger partial charge in [-0.1, -0.05) is 23.2 Å². The molecule has 0 saturated carbocycles. The summed E-state index contributed by atoms with van der Waals surface area (Å²) < 4.78 is 30.3. The fourth-order valence-corrected chi connectivity index (χ4v) is 3.41. The number of nitrogens with zero attached hydrogens (tertiary/aromatic N) is 2. The van der Waals surface area contributed by atoms with Gasteiger partial charge in [-0.25, -0.2) is 13.4 Å². The average Bonchev–Trinajstić information content (AvgIpc) is 2.89. The van der Waals surface area contributed by atoms with Gasteiger partial charge in [-0.2, -0.15) is 0 Å². The van der Waals surface area contributed by atoms with Gasteiger partial charge >= 0.3 is 0 Å². The molecular weight excluding hydrogens is 423 g/mol. The molecule has 1 aromatic heterocycles. The van der Waals surface area contributed by atoms with E-state index in [1.54, 1.807) is 22.8 Å². The topological polar surface area (TPSA) is 84.7 Å². The fraction of sp³-hybridized carbons (Fsp3) is 0.389. The molecule has 10 heteroatoms. The van der Waals surface area contributed by atoms with Crippen LogP contribution in [0.3, 0.4) is 0 Å². The lowest BCUT2D eigenvalue weighted by molar-refractivity contribution is 0.321. The zero-order valence-electron chi connectivity index (χ0n) is 16.0. The minimum absolute atomic E-state index is 0.264. The summed E-state index contributed by atoms with van der Waals surface area (Å²) in [6.45, 7) is 4.03. The highest BCUT2D eigenvalue weighted by molar-refractivity contribution is 7.90. The van der Waals surface area contributed by atoms with E-state index in [9.17, 15) is 8.42 Å². The molecule has 2 aromatic rings. The molecule has 0 fully saturated rings. The van der Waals surface area contributed by atoms with Gasteiger partial charge in [0.25, 0.3) is 0 Å². The summed E-state index contributed by atoms with van der Waals surface area (Å²) in [6, 6.07) is 8.12. The van der Waals surface area contributed by atoms with E-state index < -0.39 is 9.84 Å². The molecule has 154 valence electrons. The molecule has 28 heavy (non-hydrogen) atoms. The number of aromatic nitrogens is 1. The Morgan fingerprint density at radius 3 is 2.43 bits per heavy atom. The standard InChI is InChI=1S/C18H24Cl2N4O3S/c1-4-21-18(23-12-13-11-16(19)17(20)24(13)2)22-9-10-27-14-5-7-15(8-6-14)28(3,25)26/h5-8,11H,4,9-10,12H2,1-3H3,(H2,21,22,23).